The fourth-order valence-corrected chi connectivity index (χ4v) is 2.47. The molecule has 0 aromatic carbocycles. The summed E-state index contributed by atoms with van der Waals surface area (Å²) < 4.78 is 26.4. The van der Waals surface area contributed by atoms with Gasteiger partial charge in [0.15, 0.2) is 17.9 Å². The van der Waals surface area contributed by atoms with Gasteiger partial charge in [-0.25, -0.2) is 4.98 Å². The van der Waals surface area contributed by atoms with Crippen molar-refractivity contribution in [2.75, 3.05) is 6.61 Å². The highest BCUT2D eigenvalue weighted by molar-refractivity contribution is 5.93. The number of aromatic amines is 1. The summed E-state index contributed by atoms with van der Waals surface area (Å²) in [6.45, 7) is 3.20. The molecular weight excluding hydrogens is 366 g/mol. The molecule has 2 heterocycles. The third kappa shape index (κ3) is 5.17. The van der Waals surface area contributed by atoms with Crippen LogP contribution in [0.4, 0.5) is 0 Å². The Morgan fingerprint density at radius 1 is 1.07 bits per heavy atom. The number of nitrogens with one attached hydrogen (secondary N) is 1. The normalized spacial score (nSPS) is 24.6. The van der Waals surface area contributed by atoms with Gasteiger partial charge in [0.1, 0.15) is 0 Å². The number of hydrogen-bond acceptors (Lipinski definition) is 10. The summed E-state index contributed by atoms with van der Waals surface area (Å²) in [6.07, 6.45) is -3.69. The van der Waals surface area contributed by atoms with Crippen LogP contribution in [0.1, 0.15) is 31.3 Å². The Morgan fingerprint density at radius 3 is 2.22 bits per heavy atom. The standard InChI is InChI=1S/C15H19N3O9/c1-6(19)24-9-4-23-15(27-14-10(13(16)22)17-5-18-14)12(26-8(3)21)11(9)25-7(2)20/h5,9,11-12,15H,4H2,1-3H3,(H2,16,22)(H,17,18)/t9-,11+,12+,15-/m1/s1. The van der Waals surface area contributed by atoms with E-state index < -0.39 is 48.4 Å². The van der Waals surface area contributed by atoms with Crippen LogP contribution >= 0.6 is 0 Å². The molecule has 1 aromatic heterocycles. The molecule has 0 unspecified atom stereocenters. The zero-order valence-corrected chi connectivity index (χ0v) is 14.8. The average Bonchev–Trinajstić information content (AvgIpc) is 3.00. The van der Waals surface area contributed by atoms with Crippen molar-refractivity contribution in [3.05, 3.63) is 12.0 Å². The zero-order chi connectivity index (χ0) is 20.1. The number of ether oxygens (including phenoxy) is 5. The minimum Gasteiger partial charge on any atom is -0.456 e. The van der Waals surface area contributed by atoms with Crippen LogP contribution in [-0.4, -0.2) is 65.0 Å². The summed E-state index contributed by atoms with van der Waals surface area (Å²) in [6, 6.07) is 0. The number of hydrogen-bond donors (Lipinski definition) is 2. The molecule has 0 radical (unpaired) electrons. The molecule has 148 valence electrons. The number of carbonyl (C=O) groups is 4. The van der Waals surface area contributed by atoms with E-state index in [9.17, 15) is 19.2 Å². The van der Waals surface area contributed by atoms with Crippen LogP contribution in [-0.2, 0) is 33.3 Å². The van der Waals surface area contributed by atoms with Crippen molar-refractivity contribution in [2.45, 2.75) is 45.4 Å². The predicted octanol–water partition coefficient (Wildman–Crippen LogP) is -0.961. The van der Waals surface area contributed by atoms with Gasteiger partial charge in [0.05, 0.1) is 12.9 Å². The molecule has 0 aliphatic carbocycles. The van der Waals surface area contributed by atoms with E-state index in [4.69, 9.17) is 29.4 Å². The molecule has 2 rings (SSSR count). The summed E-state index contributed by atoms with van der Waals surface area (Å²) in [5, 5.41) is 0. The van der Waals surface area contributed by atoms with Crippen molar-refractivity contribution in [1.82, 2.24) is 9.97 Å². The maximum Gasteiger partial charge on any atom is 0.303 e. The number of nitrogens with two attached hydrogens (primary N) is 1. The molecule has 12 heteroatoms. The molecular formula is C15H19N3O9. The number of amides is 1. The predicted molar refractivity (Wildman–Crippen MR) is 84.1 cm³/mol. The summed E-state index contributed by atoms with van der Waals surface area (Å²) in [4.78, 5) is 52.0. The Balaban J connectivity index is 2.31. The second-order valence-electron chi connectivity index (χ2n) is 5.56. The van der Waals surface area contributed by atoms with Gasteiger partial charge in [0.25, 0.3) is 5.91 Å². The molecule has 0 bridgehead atoms. The summed E-state index contributed by atoms with van der Waals surface area (Å²) >= 11 is 0. The number of aromatic nitrogens is 2. The van der Waals surface area contributed by atoms with Crippen molar-refractivity contribution in [3.8, 4) is 5.88 Å². The summed E-state index contributed by atoms with van der Waals surface area (Å²) in [5.74, 6) is -3.11. The fraction of sp³-hybridized carbons (Fsp3) is 0.533. The number of carbonyl (C=O) groups excluding carboxylic acids is 4. The van der Waals surface area contributed by atoms with Gasteiger partial charge >= 0.3 is 17.9 Å². The van der Waals surface area contributed by atoms with Crippen LogP contribution in [0.25, 0.3) is 0 Å². The quantitative estimate of drug-likeness (QED) is 0.459. The molecule has 27 heavy (non-hydrogen) atoms. The third-order valence-corrected chi connectivity index (χ3v) is 3.38. The highest BCUT2D eigenvalue weighted by Crippen LogP contribution is 2.27. The lowest BCUT2D eigenvalue weighted by atomic mass is 10.0. The Bertz CT molecular complexity index is 732. The van der Waals surface area contributed by atoms with Crippen LogP contribution in [0.2, 0.25) is 0 Å². The Hall–Kier alpha value is -3.15. The van der Waals surface area contributed by atoms with E-state index in [1.54, 1.807) is 0 Å². The molecule has 1 saturated heterocycles. The van der Waals surface area contributed by atoms with Gasteiger partial charge in [-0.1, -0.05) is 0 Å². The van der Waals surface area contributed by atoms with E-state index in [1.807, 2.05) is 0 Å². The summed E-state index contributed by atoms with van der Waals surface area (Å²) in [7, 11) is 0. The minimum absolute atomic E-state index is 0.133. The highest BCUT2D eigenvalue weighted by Gasteiger charge is 2.48. The topological polar surface area (TPSA) is 169 Å². The maximum atomic E-state index is 11.5. The lowest BCUT2D eigenvalue weighted by Crippen LogP contribution is -2.59. The molecule has 1 aliphatic rings. The van der Waals surface area contributed by atoms with E-state index in [-0.39, 0.29) is 18.2 Å². The maximum absolute atomic E-state index is 11.5. The molecule has 12 nitrogen and oxygen atoms in total. The van der Waals surface area contributed by atoms with Gasteiger partial charge in [-0.3, -0.25) is 19.2 Å². The second kappa shape index (κ2) is 8.49. The molecule has 1 amide bonds. The lowest BCUT2D eigenvalue weighted by molar-refractivity contribution is -0.260. The smallest absolute Gasteiger partial charge is 0.303 e. The first-order valence-electron chi connectivity index (χ1n) is 7.82. The monoisotopic (exact) mass is 385 g/mol. The number of H-pyrrole nitrogens is 1. The first kappa shape index (κ1) is 20.2. The number of nitrogens with zero attached hydrogens (tertiary/aromatic N) is 1. The number of imidazole rings is 1. The lowest BCUT2D eigenvalue weighted by Gasteiger charge is -2.39. The van der Waals surface area contributed by atoms with Crippen molar-refractivity contribution >= 4 is 23.8 Å². The Labute approximate surface area is 153 Å². The van der Waals surface area contributed by atoms with E-state index in [0.29, 0.717) is 0 Å². The van der Waals surface area contributed by atoms with E-state index in [2.05, 4.69) is 9.97 Å². The Kier molecular flexibility index (Phi) is 6.34. The molecule has 1 aliphatic heterocycles. The number of rotatable bonds is 6. The van der Waals surface area contributed by atoms with E-state index in [1.165, 1.54) is 6.33 Å². The van der Waals surface area contributed by atoms with Crippen LogP contribution in [0, 0.1) is 0 Å². The van der Waals surface area contributed by atoms with Gasteiger partial charge in [0.2, 0.25) is 18.3 Å². The molecule has 1 aromatic rings. The van der Waals surface area contributed by atoms with Gasteiger partial charge in [-0.2, -0.15) is 0 Å². The summed E-state index contributed by atoms with van der Waals surface area (Å²) in [5.41, 5.74) is 5.07. The largest absolute Gasteiger partial charge is 0.456 e. The van der Waals surface area contributed by atoms with Gasteiger partial charge < -0.3 is 34.4 Å². The van der Waals surface area contributed by atoms with Gasteiger partial charge in [-0.05, 0) is 0 Å². The number of esters is 3. The van der Waals surface area contributed by atoms with Crippen LogP contribution in [0.3, 0.4) is 0 Å². The minimum atomic E-state index is -1.31. The van der Waals surface area contributed by atoms with Gasteiger partial charge in [-0.15, -0.1) is 0 Å². The SMILES string of the molecule is CC(=O)O[C@@H]1[C@@H](Oc2nc[nH]c2C(N)=O)OC[C@@H](OC(C)=O)[C@@H]1OC(C)=O. The van der Waals surface area contributed by atoms with Crippen LogP contribution in [0.15, 0.2) is 6.33 Å². The first-order chi connectivity index (χ1) is 12.7. The molecule has 0 spiro atoms. The second-order valence-corrected chi connectivity index (χ2v) is 5.56. The van der Waals surface area contributed by atoms with Crippen LogP contribution in [0.5, 0.6) is 5.88 Å². The van der Waals surface area contributed by atoms with E-state index in [0.717, 1.165) is 20.8 Å². The van der Waals surface area contributed by atoms with E-state index >= 15 is 0 Å². The van der Waals surface area contributed by atoms with Crippen molar-refractivity contribution in [1.29, 1.82) is 0 Å². The Morgan fingerprint density at radius 2 is 1.67 bits per heavy atom. The van der Waals surface area contributed by atoms with Crippen molar-refractivity contribution in [3.63, 3.8) is 0 Å². The number of primary amides is 1. The van der Waals surface area contributed by atoms with Crippen molar-refractivity contribution < 1.29 is 42.9 Å². The highest BCUT2D eigenvalue weighted by atomic mass is 16.7. The molecule has 4 atom stereocenters. The van der Waals surface area contributed by atoms with Gasteiger partial charge in [0, 0.05) is 20.8 Å². The first-order valence-corrected chi connectivity index (χ1v) is 7.82. The third-order valence-electron chi connectivity index (χ3n) is 3.38. The average molecular weight is 385 g/mol. The van der Waals surface area contributed by atoms with Crippen molar-refractivity contribution in [2.24, 2.45) is 5.73 Å². The fourth-order valence-electron chi connectivity index (χ4n) is 2.47. The van der Waals surface area contributed by atoms with Crippen LogP contribution < -0.4 is 10.5 Å². The zero-order valence-electron chi connectivity index (χ0n) is 14.8. The molecule has 0 saturated carbocycles. The molecule has 3 N–H and O–H groups in total. The molecule has 1 fully saturated rings.